The number of aliphatic hydroxyl groups excluding tert-OH is 1. The molecule has 0 saturated carbocycles. The molecule has 1 unspecified atom stereocenters. The van der Waals surface area contributed by atoms with E-state index >= 15 is 0 Å². The van der Waals surface area contributed by atoms with E-state index < -0.39 is 0 Å². The van der Waals surface area contributed by atoms with Crippen LogP contribution >= 0.6 is 0 Å². The molecule has 0 aliphatic heterocycles. The molecule has 2 heteroatoms. The number of aliphatic hydroxyl groups is 1. The van der Waals surface area contributed by atoms with Crippen molar-refractivity contribution in [1.29, 1.82) is 0 Å². The van der Waals surface area contributed by atoms with E-state index in [9.17, 15) is 5.11 Å². The van der Waals surface area contributed by atoms with Crippen LogP contribution in [-0.2, 0) is 0 Å². The fraction of sp³-hybridized carbons (Fsp3) is 0.667. The Hall–Kier alpha value is -0.600. The lowest BCUT2D eigenvalue weighted by Gasteiger charge is -2.21. The molecule has 0 bridgehead atoms. The number of hydrogen-bond donors (Lipinski definition) is 1. The predicted molar refractivity (Wildman–Crippen MR) is 62.1 cm³/mol. The van der Waals surface area contributed by atoms with Crippen LogP contribution in [0.2, 0.25) is 0 Å². The van der Waals surface area contributed by atoms with Crippen molar-refractivity contribution in [1.82, 2.24) is 4.90 Å². The fourth-order valence-electron chi connectivity index (χ4n) is 1.16. The van der Waals surface area contributed by atoms with Gasteiger partial charge in [-0.15, -0.1) is 0 Å². The lowest BCUT2D eigenvalue weighted by atomic mass is 10.3. The lowest BCUT2D eigenvalue weighted by molar-refractivity contribution is 0.0312. The van der Waals surface area contributed by atoms with E-state index in [1.165, 1.54) is 6.42 Å². The Labute approximate surface area is 87.9 Å². The van der Waals surface area contributed by atoms with Gasteiger partial charge in [-0.25, -0.2) is 0 Å². The Morgan fingerprint density at radius 2 is 1.86 bits per heavy atom. The van der Waals surface area contributed by atoms with Crippen LogP contribution in [-0.4, -0.2) is 29.3 Å². The van der Waals surface area contributed by atoms with Gasteiger partial charge >= 0.3 is 0 Å². The summed E-state index contributed by atoms with van der Waals surface area (Å²) in [5.74, 6) is 0. The van der Waals surface area contributed by atoms with Crippen molar-refractivity contribution >= 4 is 0 Å². The molecule has 0 aliphatic rings. The standard InChI is InChI=1S/C12H23NO/c1-4-6-7-8-9-10-11-13(5-2)12(3)14/h7-10,12,14H,4-6,11H2,1-3H3. The maximum Gasteiger partial charge on any atom is 0.104 e. The number of likely N-dealkylation sites (N-methyl/N-ethyl adjacent to an activating group) is 1. The van der Waals surface area contributed by atoms with E-state index in [1.54, 1.807) is 6.92 Å². The molecule has 0 aromatic heterocycles. The summed E-state index contributed by atoms with van der Waals surface area (Å²) in [7, 11) is 0. The summed E-state index contributed by atoms with van der Waals surface area (Å²) in [6.07, 6.45) is 10.3. The summed E-state index contributed by atoms with van der Waals surface area (Å²) < 4.78 is 0. The van der Waals surface area contributed by atoms with Crippen LogP contribution in [0.1, 0.15) is 33.6 Å². The summed E-state index contributed by atoms with van der Waals surface area (Å²) in [4.78, 5) is 1.99. The van der Waals surface area contributed by atoms with Crippen molar-refractivity contribution in [3.63, 3.8) is 0 Å². The molecule has 0 aliphatic carbocycles. The number of hydrogen-bond acceptors (Lipinski definition) is 2. The highest BCUT2D eigenvalue weighted by Crippen LogP contribution is 1.95. The summed E-state index contributed by atoms with van der Waals surface area (Å²) in [5, 5.41) is 9.33. The maximum absolute atomic E-state index is 9.33. The van der Waals surface area contributed by atoms with Crippen LogP contribution < -0.4 is 0 Å². The zero-order valence-electron chi connectivity index (χ0n) is 9.61. The van der Waals surface area contributed by atoms with E-state index in [4.69, 9.17) is 0 Å². The van der Waals surface area contributed by atoms with Gasteiger partial charge in [0, 0.05) is 6.54 Å². The van der Waals surface area contributed by atoms with Crippen molar-refractivity contribution in [3.8, 4) is 0 Å². The molecular formula is C12H23NO. The SMILES string of the molecule is CCCC=CC=CCN(CC)C(C)O. The summed E-state index contributed by atoms with van der Waals surface area (Å²) in [6.45, 7) is 7.70. The number of rotatable bonds is 7. The van der Waals surface area contributed by atoms with Gasteiger partial charge in [0.25, 0.3) is 0 Å². The van der Waals surface area contributed by atoms with Crippen LogP contribution in [0.15, 0.2) is 24.3 Å². The van der Waals surface area contributed by atoms with Crippen molar-refractivity contribution < 1.29 is 5.11 Å². The average Bonchev–Trinajstić information content (AvgIpc) is 2.16. The monoisotopic (exact) mass is 197 g/mol. The average molecular weight is 197 g/mol. The molecule has 0 amide bonds. The largest absolute Gasteiger partial charge is 0.379 e. The van der Waals surface area contributed by atoms with E-state index in [-0.39, 0.29) is 6.23 Å². The highest BCUT2D eigenvalue weighted by atomic mass is 16.3. The molecule has 82 valence electrons. The molecule has 0 aromatic carbocycles. The Balaban J connectivity index is 3.68. The van der Waals surface area contributed by atoms with Crippen LogP contribution in [0, 0.1) is 0 Å². The van der Waals surface area contributed by atoms with Gasteiger partial charge in [-0.3, -0.25) is 4.90 Å². The highest BCUT2D eigenvalue weighted by molar-refractivity contribution is 5.03. The fourth-order valence-corrected chi connectivity index (χ4v) is 1.16. The highest BCUT2D eigenvalue weighted by Gasteiger charge is 2.04. The van der Waals surface area contributed by atoms with E-state index in [0.717, 1.165) is 19.5 Å². The van der Waals surface area contributed by atoms with E-state index in [1.807, 2.05) is 17.9 Å². The molecular weight excluding hydrogens is 174 g/mol. The zero-order valence-corrected chi connectivity index (χ0v) is 9.61. The quantitative estimate of drug-likeness (QED) is 0.501. The maximum atomic E-state index is 9.33. The molecule has 2 nitrogen and oxygen atoms in total. The molecule has 0 saturated heterocycles. The zero-order chi connectivity index (χ0) is 10.8. The Morgan fingerprint density at radius 1 is 1.21 bits per heavy atom. The van der Waals surface area contributed by atoms with Crippen LogP contribution in [0.5, 0.6) is 0 Å². The van der Waals surface area contributed by atoms with Gasteiger partial charge in [-0.1, -0.05) is 44.6 Å². The third-order valence-electron chi connectivity index (χ3n) is 2.11. The topological polar surface area (TPSA) is 23.5 Å². The van der Waals surface area contributed by atoms with Crippen LogP contribution in [0.4, 0.5) is 0 Å². The molecule has 1 N–H and O–H groups in total. The molecule has 0 rings (SSSR count). The van der Waals surface area contributed by atoms with Gasteiger partial charge < -0.3 is 5.11 Å². The molecule has 0 heterocycles. The Bertz CT molecular complexity index is 173. The molecule has 0 aromatic rings. The van der Waals surface area contributed by atoms with Crippen molar-refractivity contribution in [3.05, 3.63) is 24.3 Å². The van der Waals surface area contributed by atoms with Gasteiger partial charge in [-0.05, 0) is 19.9 Å². The predicted octanol–water partition coefficient (Wildman–Crippen LogP) is 2.56. The third kappa shape index (κ3) is 6.87. The molecule has 0 spiro atoms. The summed E-state index contributed by atoms with van der Waals surface area (Å²) >= 11 is 0. The summed E-state index contributed by atoms with van der Waals surface area (Å²) in [6, 6.07) is 0. The smallest absolute Gasteiger partial charge is 0.104 e. The van der Waals surface area contributed by atoms with Crippen molar-refractivity contribution in [2.75, 3.05) is 13.1 Å². The number of allylic oxidation sites excluding steroid dienone is 3. The first-order valence-electron chi connectivity index (χ1n) is 5.46. The lowest BCUT2D eigenvalue weighted by Crippen LogP contribution is -2.32. The second-order valence-corrected chi connectivity index (χ2v) is 3.36. The van der Waals surface area contributed by atoms with Gasteiger partial charge in [0.2, 0.25) is 0 Å². The molecule has 0 radical (unpaired) electrons. The Kier molecular flexibility index (Phi) is 8.59. The first-order chi connectivity index (χ1) is 6.72. The summed E-state index contributed by atoms with van der Waals surface area (Å²) in [5.41, 5.74) is 0. The van der Waals surface area contributed by atoms with Gasteiger partial charge in [0.15, 0.2) is 0 Å². The first-order valence-corrected chi connectivity index (χ1v) is 5.46. The first kappa shape index (κ1) is 13.4. The van der Waals surface area contributed by atoms with Crippen molar-refractivity contribution in [2.45, 2.75) is 39.8 Å². The second-order valence-electron chi connectivity index (χ2n) is 3.36. The van der Waals surface area contributed by atoms with Crippen LogP contribution in [0.3, 0.4) is 0 Å². The van der Waals surface area contributed by atoms with E-state index in [0.29, 0.717) is 0 Å². The minimum Gasteiger partial charge on any atom is -0.379 e. The number of nitrogens with zero attached hydrogens (tertiary/aromatic N) is 1. The number of unbranched alkanes of at least 4 members (excludes halogenated alkanes) is 1. The minimum absolute atomic E-state index is 0.357. The van der Waals surface area contributed by atoms with Gasteiger partial charge in [0.1, 0.15) is 6.23 Å². The van der Waals surface area contributed by atoms with Crippen molar-refractivity contribution in [2.24, 2.45) is 0 Å². The third-order valence-corrected chi connectivity index (χ3v) is 2.11. The molecule has 14 heavy (non-hydrogen) atoms. The van der Waals surface area contributed by atoms with Crippen LogP contribution in [0.25, 0.3) is 0 Å². The van der Waals surface area contributed by atoms with Gasteiger partial charge in [0.05, 0.1) is 0 Å². The minimum atomic E-state index is -0.357. The second kappa shape index (κ2) is 8.97. The normalized spacial score (nSPS) is 14.6. The molecule has 1 atom stereocenters. The van der Waals surface area contributed by atoms with Gasteiger partial charge in [-0.2, -0.15) is 0 Å². The Morgan fingerprint density at radius 3 is 2.36 bits per heavy atom. The molecule has 0 fully saturated rings. The van der Waals surface area contributed by atoms with E-state index in [2.05, 4.69) is 25.2 Å².